The van der Waals surface area contributed by atoms with E-state index >= 15 is 0 Å². The van der Waals surface area contributed by atoms with Crippen LogP contribution in [0.2, 0.25) is 0 Å². The molecule has 0 aliphatic carbocycles. The molecule has 3 amide bonds. The molecule has 1 aliphatic rings. The van der Waals surface area contributed by atoms with Crippen molar-refractivity contribution < 1.29 is 24.2 Å². The maximum Gasteiger partial charge on any atom is 0.408 e. The van der Waals surface area contributed by atoms with E-state index in [-0.39, 0.29) is 24.9 Å². The normalized spacial score (nSPS) is 20.0. The Morgan fingerprint density at radius 1 is 1.17 bits per heavy atom. The third kappa shape index (κ3) is 7.02. The van der Waals surface area contributed by atoms with Crippen LogP contribution in [0.5, 0.6) is 0 Å². The minimum Gasteiger partial charge on any atom is -0.444 e. The predicted octanol–water partition coefficient (Wildman–Crippen LogP) is 1.93. The molecule has 30 heavy (non-hydrogen) atoms. The number of benzene rings is 1. The highest BCUT2D eigenvalue weighted by atomic mass is 16.6. The summed E-state index contributed by atoms with van der Waals surface area (Å²) in [5.74, 6) is -0.454. The largest absolute Gasteiger partial charge is 0.444 e. The molecular weight excluding hydrogens is 386 g/mol. The van der Waals surface area contributed by atoms with Crippen molar-refractivity contribution in [3.8, 4) is 0 Å². The lowest BCUT2D eigenvalue weighted by Crippen LogP contribution is -2.53. The number of nitrogens with zero attached hydrogens (tertiary/aromatic N) is 1. The Balaban J connectivity index is 2.00. The Bertz CT molecular complexity index is 745. The highest BCUT2D eigenvalue weighted by Crippen LogP contribution is 2.16. The zero-order chi connectivity index (χ0) is 22.5. The van der Waals surface area contributed by atoms with Crippen LogP contribution in [0.25, 0.3) is 0 Å². The summed E-state index contributed by atoms with van der Waals surface area (Å²) in [7, 11) is 0. The zero-order valence-corrected chi connectivity index (χ0v) is 18.3. The fraction of sp³-hybridized carbons (Fsp3) is 0.591. The molecule has 2 unspecified atom stereocenters. The molecule has 0 bridgehead atoms. The van der Waals surface area contributed by atoms with Crippen LogP contribution in [0.3, 0.4) is 0 Å². The smallest absolute Gasteiger partial charge is 0.408 e. The predicted molar refractivity (Wildman–Crippen MR) is 113 cm³/mol. The van der Waals surface area contributed by atoms with Crippen molar-refractivity contribution in [3.05, 3.63) is 35.9 Å². The highest BCUT2D eigenvalue weighted by molar-refractivity contribution is 5.94. The van der Waals surface area contributed by atoms with E-state index < -0.39 is 35.8 Å². The Kier molecular flexibility index (Phi) is 7.83. The molecule has 0 aromatic heterocycles. The van der Waals surface area contributed by atoms with Gasteiger partial charge in [0.25, 0.3) is 5.91 Å². The summed E-state index contributed by atoms with van der Waals surface area (Å²) < 4.78 is 5.26. The number of aliphatic hydroxyl groups is 1. The van der Waals surface area contributed by atoms with Crippen LogP contribution in [0.4, 0.5) is 4.79 Å². The van der Waals surface area contributed by atoms with Crippen LogP contribution in [-0.2, 0) is 9.53 Å². The van der Waals surface area contributed by atoms with Crippen molar-refractivity contribution in [1.82, 2.24) is 15.5 Å². The molecule has 0 saturated carbocycles. The molecule has 3 N–H and O–H groups in total. The minimum absolute atomic E-state index is 0.132. The Morgan fingerprint density at radius 3 is 2.37 bits per heavy atom. The monoisotopic (exact) mass is 419 g/mol. The van der Waals surface area contributed by atoms with Gasteiger partial charge in [0.1, 0.15) is 11.6 Å². The molecular formula is C22H33N3O5. The van der Waals surface area contributed by atoms with Crippen molar-refractivity contribution in [2.24, 2.45) is 5.92 Å². The molecule has 1 fully saturated rings. The van der Waals surface area contributed by atoms with Crippen molar-refractivity contribution in [1.29, 1.82) is 0 Å². The Morgan fingerprint density at radius 2 is 1.80 bits per heavy atom. The second-order valence-corrected chi connectivity index (χ2v) is 9.09. The number of nitrogens with one attached hydrogen (secondary N) is 2. The van der Waals surface area contributed by atoms with E-state index in [0.29, 0.717) is 12.0 Å². The van der Waals surface area contributed by atoms with Crippen LogP contribution >= 0.6 is 0 Å². The first-order chi connectivity index (χ1) is 14.0. The molecule has 8 heteroatoms. The SMILES string of the molecule is CC(C)C[C@H](NC(=O)OC(C)(C)C)C(=O)NC1CN(C(=O)c2ccccc2)CC1O. The van der Waals surface area contributed by atoms with E-state index in [1.165, 1.54) is 4.90 Å². The van der Waals surface area contributed by atoms with Crippen molar-refractivity contribution in [2.75, 3.05) is 13.1 Å². The van der Waals surface area contributed by atoms with Crippen LogP contribution < -0.4 is 10.6 Å². The van der Waals surface area contributed by atoms with Gasteiger partial charge in [0.05, 0.1) is 12.1 Å². The Labute approximate surface area is 178 Å². The number of hydrogen-bond donors (Lipinski definition) is 3. The highest BCUT2D eigenvalue weighted by Gasteiger charge is 2.37. The standard InChI is InChI=1S/C22H33N3O5/c1-14(2)11-16(24-21(29)30-22(3,4)5)19(27)23-17-12-25(13-18(17)26)20(28)15-9-7-6-8-10-15/h6-10,14,16-18,26H,11-13H2,1-5H3,(H,23,27)(H,24,29)/t16-,17?,18?/m0/s1. The average molecular weight is 420 g/mol. The third-order valence-corrected chi connectivity index (χ3v) is 4.64. The van der Waals surface area contributed by atoms with Gasteiger partial charge in [-0.25, -0.2) is 4.79 Å². The fourth-order valence-corrected chi connectivity index (χ4v) is 3.29. The molecule has 1 aliphatic heterocycles. The third-order valence-electron chi connectivity index (χ3n) is 4.64. The maximum atomic E-state index is 12.8. The van der Waals surface area contributed by atoms with E-state index in [2.05, 4.69) is 10.6 Å². The molecule has 1 aromatic rings. The first-order valence-electron chi connectivity index (χ1n) is 10.3. The molecule has 166 valence electrons. The van der Waals surface area contributed by atoms with Gasteiger partial charge in [-0.2, -0.15) is 0 Å². The number of carbonyl (C=O) groups excluding carboxylic acids is 3. The second kappa shape index (κ2) is 9.93. The lowest BCUT2D eigenvalue weighted by atomic mass is 10.0. The van der Waals surface area contributed by atoms with Crippen molar-refractivity contribution in [2.45, 2.75) is 64.8 Å². The molecule has 3 atom stereocenters. The number of alkyl carbamates (subject to hydrolysis) is 1. The number of carbonyl (C=O) groups is 3. The summed E-state index contributed by atoms with van der Waals surface area (Å²) in [4.78, 5) is 39.1. The van der Waals surface area contributed by atoms with E-state index in [1.54, 1.807) is 45.0 Å². The maximum absolute atomic E-state index is 12.8. The van der Waals surface area contributed by atoms with Gasteiger partial charge in [0.15, 0.2) is 0 Å². The van der Waals surface area contributed by atoms with Gasteiger partial charge in [-0.1, -0.05) is 32.0 Å². The van der Waals surface area contributed by atoms with E-state index in [1.807, 2.05) is 19.9 Å². The van der Waals surface area contributed by atoms with Crippen LogP contribution in [0.15, 0.2) is 30.3 Å². The Hall–Kier alpha value is -2.61. The van der Waals surface area contributed by atoms with Crippen molar-refractivity contribution >= 4 is 17.9 Å². The molecule has 1 heterocycles. The molecule has 8 nitrogen and oxygen atoms in total. The minimum atomic E-state index is -0.886. The molecule has 2 rings (SSSR count). The quantitative estimate of drug-likeness (QED) is 0.653. The van der Waals surface area contributed by atoms with E-state index in [4.69, 9.17) is 4.74 Å². The molecule has 1 aromatic carbocycles. The topological polar surface area (TPSA) is 108 Å². The summed E-state index contributed by atoms with van der Waals surface area (Å²) >= 11 is 0. The second-order valence-electron chi connectivity index (χ2n) is 9.09. The first kappa shape index (κ1) is 23.7. The number of rotatable bonds is 6. The average Bonchev–Trinajstić information content (AvgIpc) is 2.99. The van der Waals surface area contributed by atoms with Crippen LogP contribution in [-0.4, -0.2) is 64.8 Å². The number of likely N-dealkylation sites (tertiary alicyclic amines) is 1. The van der Waals surface area contributed by atoms with Gasteiger partial charge in [0.2, 0.25) is 5.91 Å². The fourth-order valence-electron chi connectivity index (χ4n) is 3.29. The van der Waals surface area contributed by atoms with Gasteiger partial charge in [-0.15, -0.1) is 0 Å². The van der Waals surface area contributed by atoms with Gasteiger partial charge in [-0.3, -0.25) is 9.59 Å². The van der Waals surface area contributed by atoms with E-state index in [9.17, 15) is 19.5 Å². The molecule has 0 spiro atoms. The number of aliphatic hydroxyl groups excluding tert-OH is 1. The number of ether oxygens (including phenoxy) is 1. The summed E-state index contributed by atoms with van der Waals surface area (Å²) in [5.41, 5.74) is -0.149. The van der Waals surface area contributed by atoms with Crippen molar-refractivity contribution in [3.63, 3.8) is 0 Å². The molecule has 0 radical (unpaired) electrons. The van der Waals surface area contributed by atoms with Crippen LogP contribution in [0, 0.1) is 5.92 Å². The van der Waals surface area contributed by atoms with Crippen LogP contribution in [0.1, 0.15) is 51.4 Å². The first-order valence-corrected chi connectivity index (χ1v) is 10.3. The lowest BCUT2D eigenvalue weighted by Gasteiger charge is -2.25. The van der Waals surface area contributed by atoms with Gasteiger partial charge in [0, 0.05) is 18.7 Å². The summed E-state index contributed by atoms with van der Waals surface area (Å²) in [6.07, 6.45) is -1.14. The summed E-state index contributed by atoms with van der Waals surface area (Å²) in [5, 5.41) is 15.8. The summed E-state index contributed by atoms with van der Waals surface area (Å²) in [6.45, 7) is 9.46. The molecule has 1 saturated heterocycles. The van der Waals surface area contributed by atoms with Gasteiger partial charge in [-0.05, 0) is 45.2 Å². The van der Waals surface area contributed by atoms with E-state index in [0.717, 1.165) is 0 Å². The van der Waals surface area contributed by atoms with Gasteiger partial charge >= 0.3 is 6.09 Å². The summed E-state index contributed by atoms with van der Waals surface area (Å²) in [6, 6.07) is 7.39. The number of β-amino-alcohol motifs (C(OH)–C–C–N with tert-alkyl or cyclic N) is 1. The number of hydrogen-bond acceptors (Lipinski definition) is 5. The lowest BCUT2D eigenvalue weighted by molar-refractivity contribution is -0.124. The zero-order valence-electron chi connectivity index (χ0n) is 18.3. The van der Waals surface area contributed by atoms with Gasteiger partial charge < -0.3 is 25.4 Å². The number of amides is 3.